The van der Waals surface area contributed by atoms with Gasteiger partial charge in [0.15, 0.2) is 5.82 Å². The predicted octanol–water partition coefficient (Wildman–Crippen LogP) is 4.98. The van der Waals surface area contributed by atoms with Crippen LogP contribution in [0.25, 0.3) is 11.4 Å². The Morgan fingerprint density at radius 1 is 1.03 bits per heavy atom. The molecule has 2 N–H and O–H groups in total. The molecule has 4 rings (SSSR count). The molecule has 0 saturated heterocycles. The van der Waals surface area contributed by atoms with E-state index in [1.54, 1.807) is 17.1 Å². The van der Waals surface area contributed by atoms with Crippen molar-refractivity contribution in [3.63, 3.8) is 0 Å². The number of aromatic nitrogens is 4. The van der Waals surface area contributed by atoms with E-state index in [0.717, 1.165) is 22.4 Å². The molecule has 0 amide bonds. The number of ether oxygens (including phenoxy) is 1. The van der Waals surface area contributed by atoms with Gasteiger partial charge in [-0.1, -0.05) is 35.9 Å². The standard InChI is InChI=1S/C21H18ClN5OS/c22-18-6-4-15(5-7-18)14-28-19-3-1-2-16(12-19)13-24-27-20(25-26-21(27)29)17-8-10-23-11-9-17/h1-12,24H,13-14H2,(H,26,29). The lowest BCUT2D eigenvalue weighted by Crippen LogP contribution is -2.16. The number of rotatable bonds is 7. The zero-order chi connectivity index (χ0) is 20.1. The summed E-state index contributed by atoms with van der Waals surface area (Å²) in [5, 5.41) is 7.84. The zero-order valence-electron chi connectivity index (χ0n) is 15.4. The topological polar surface area (TPSA) is 67.8 Å². The summed E-state index contributed by atoms with van der Waals surface area (Å²) in [7, 11) is 0. The Kier molecular flexibility index (Phi) is 5.88. The quantitative estimate of drug-likeness (QED) is 0.410. The molecule has 0 aliphatic heterocycles. The molecule has 146 valence electrons. The number of pyridine rings is 1. The highest BCUT2D eigenvalue weighted by atomic mass is 35.5. The predicted molar refractivity (Wildman–Crippen MR) is 116 cm³/mol. The minimum absolute atomic E-state index is 0.479. The maximum atomic E-state index is 5.92. The average Bonchev–Trinajstić information content (AvgIpc) is 3.13. The van der Waals surface area contributed by atoms with Gasteiger partial charge in [0, 0.05) is 23.0 Å². The smallest absolute Gasteiger partial charge is 0.214 e. The highest BCUT2D eigenvalue weighted by molar-refractivity contribution is 7.71. The maximum absolute atomic E-state index is 5.92. The normalized spacial score (nSPS) is 10.7. The summed E-state index contributed by atoms with van der Waals surface area (Å²) < 4.78 is 8.15. The molecular formula is C21H18ClN5OS. The second-order valence-electron chi connectivity index (χ2n) is 6.32. The van der Waals surface area contributed by atoms with Crippen LogP contribution in [0.3, 0.4) is 0 Å². The molecule has 2 aromatic heterocycles. The van der Waals surface area contributed by atoms with Gasteiger partial charge >= 0.3 is 0 Å². The van der Waals surface area contributed by atoms with E-state index in [9.17, 15) is 0 Å². The fourth-order valence-corrected chi connectivity index (χ4v) is 3.12. The molecule has 0 aliphatic rings. The fraction of sp³-hybridized carbons (Fsp3) is 0.0952. The van der Waals surface area contributed by atoms with Gasteiger partial charge < -0.3 is 10.2 Å². The number of benzene rings is 2. The summed E-state index contributed by atoms with van der Waals surface area (Å²) in [5.74, 6) is 1.50. The van der Waals surface area contributed by atoms with Crippen molar-refractivity contribution in [3.8, 4) is 17.1 Å². The average molecular weight is 424 g/mol. The van der Waals surface area contributed by atoms with Gasteiger partial charge in [0.1, 0.15) is 12.4 Å². The molecule has 0 atom stereocenters. The SMILES string of the molecule is S=c1[nH]nc(-c2ccncc2)n1NCc1cccc(OCc2ccc(Cl)cc2)c1. The molecule has 0 saturated carbocycles. The van der Waals surface area contributed by atoms with Crippen LogP contribution >= 0.6 is 23.8 Å². The minimum Gasteiger partial charge on any atom is -0.489 e. The number of nitrogens with zero attached hydrogens (tertiary/aromatic N) is 3. The van der Waals surface area contributed by atoms with Gasteiger partial charge in [-0.15, -0.1) is 0 Å². The Labute approximate surface area is 178 Å². The zero-order valence-corrected chi connectivity index (χ0v) is 17.0. The van der Waals surface area contributed by atoms with Crippen molar-refractivity contribution in [2.45, 2.75) is 13.2 Å². The number of H-pyrrole nitrogens is 1. The molecule has 6 nitrogen and oxygen atoms in total. The van der Waals surface area contributed by atoms with Gasteiger partial charge in [-0.2, -0.15) is 5.10 Å². The van der Waals surface area contributed by atoms with E-state index in [1.165, 1.54) is 0 Å². The first-order valence-electron chi connectivity index (χ1n) is 8.97. The largest absolute Gasteiger partial charge is 0.489 e. The van der Waals surface area contributed by atoms with Gasteiger partial charge in [-0.05, 0) is 59.7 Å². The van der Waals surface area contributed by atoms with Crippen LogP contribution in [0.1, 0.15) is 11.1 Å². The van der Waals surface area contributed by atoms with E-state index in [0.29, 0.717) is 28.8 Å². The van der Waals surface area contributed by atoms with Crippen LogP contribution in [0, 0.1) is 4.77 Å². The van der Waals surface area contributed by atoms with Crippen LogP contribution < -0.4 is 10.2 Å². The Morgan fingerprint density at radius 2 is 1.83 bits per heavy atom. The lowest BCUT2D eigenvalue weighted by Gasteiger charge is -2.12. The van der Waals surface area contributed by atoms with Crippen LogP contribution in [-0.2, 0) is 13.2 Å². The first-order valence-corrected chi connectivity index (χ1v) is 9.75. The maximum Gasteiger partial charge on any atom is 0.214 e. The third-order valence-electron chi connectivity index (χ3n) is 4.27. The summed E-state index contributed by atoms with van der Waals surface area (Å²) in [6.07, 6.45) is 3.44. The van der Waals surface area contributed by atoms with E-state index >= 15 is 0 Å². The van der Waals surface area contributed by atoms with Crippen LogP contribution in [0.2, 0.25) is 5.02 Å². The summed E-state index contributed by atoms with van der Waals surface area (Å²) in [4.78, 5) is 4.04. The lowest BCUT2D eigenvalue weighted by atomic mass is 10.2. The lowest BCUT2D eigenvalue weighted by molar-refractivity contribution is 0.306. The molecule has 2 heterocycles. The molecule has 0 bridgehead atoms. The highest BCUT2D eigenvalue weighted by Crippen LogP contribution is 2.18. The van der Waals surface area contributed by atoms with Crippen molar-refractivity contribution < 1.29 is 4.74 Å². The minimum atomic E-state index is 0.479. The molecule has 0 spiro atoms. The number of aromatic amines is 1. The molecule has 8 heteroatoms. The van der Waals surface area contributed by atoms with Crippen LogP contribution in [0.4, 0.5) is 0 Å². The molecule has 0 unspecified atom stereocenters. The summed E-state index contributed by atoms with van der Waals surface area (Å²) in [6, 6.07) is 19.3. The van der Waals surface area contributed by atoms with Gasteiger partial charge in [0.25, 0.3) is 0 Å². The second kappa shape index (κ2) is 8.89. The Balaban J connectivity index is 1.43. The fourth-order valence-electron chi connectivity index (χ4n) is 2.80. The van der Waals surface area contributed by atoms with Crippen LogP contribution in [-0.4, -0.2) is 19.9 Å². The van der Waals surface area contributed by atoms with Crippen molar-refractivity contribution in [2.75, 3.05) is 5.43 Å². The molecule has 0 aliphatic carbocycles. The Morgan fingerprint density at radius 3 is 2.62 bits per heavy atom. The molecular weight excluding hydrogens is 406 g/mol. The van der Waals surface area contributed by atoms with Crippen molar-refractivity contribution in [1.82, 2.24) is 19.9 Å². The highest BCUT2D eigenvalue weighted by Gasteiger charge is 2.08. The van der Waals surface area contributed by atoms with E-state index in [-0.39, 0.29) is 0 Å². The Hall–Kier alpha value is -3.16. The van der Waals surface area contributed by atoms with E-state index in [2.05, 4.69) is 20.6 Å². The third-order valence-corrected chi connectivity index (χ3v) is 4.80. The summed E-state index contributed by atoms with van der Waals surface area (Å²) >= 11 is 11.3. The first kappa shape index (κ1) is 19.2. The number of halogens is 1. The molecule has 4 aromatic rings. The van der Waals surface area contributed by atoms with Crippen molar-refractivity contribution >= 4 is 23.8 Å². The monoisotopic (exact) mass is 423 g/mol. The number of hydrogen-bond donors (Lipinski definition) is 2. The summed E-state index contributed by atoms with van der Waals surface area (Å²) in [5.41, 5.74) is 6.35. The Bertz CT molecular complexity index is 1140. The number of nitrogens with one attached hydrogen (secondary N) is 2. The van der Waals surface area contributed by atoms with Gasteiger partial charge in [0.05, 0.1) is 6.54 Å². The van der Waals surface area contributed by atoms with Crippen molar-refractivity contribution in [2.24, 2.45) is 0 Å². The van der Waals surface area contributed by atoms with Gasteiger partial charge in [-0.3, -0.25) is 4.98 Å². The molecule has 0 fully saturated rings. The van der Waals surface area contributed by atoms with E-state index < -0.39 is 0 Å². The van der Waals surface area contributed by atoms with Crippen LogP contribution in [0.15, 0.2) is 73.1 Å². The van der Waals surface area contributed by atoms with Gasteiger partial charge in [-0.25, -0.2) is 9.77 Å². The number of hydrogen-bond acceptors (Lipinski definition) is 5. The van der Waals surface area contributed by atoms with Crippen molar-refractivity contribution in [3.05, 3.63) is 94.0 Å². The molecule has 2 aromatic carbocycles. The van der Waals surface area contributed by atoms with E-state index in [1.807, 2.05) is 60.7 Å². The van der Waals surface area contributed by atoms with Crippen molar-refractivity contribution in [1.29, 1.82) is 0 Å². The third kappa shape index (κ3) is 4.82. The first-order chi connectivity index (χ1) is 14.2. The molecule has 0 radical (unpaired) electrons. The molecule has 29 heavy (non-hydrogen) atoms. The van der Waals surface area contributed by atoms with E-state index in [4.69, 9.17) is 28.6 Å². The van der Waals surface area contributed by atoms with Gasteiger partial charge in [0.2, 0.25) is 4.77 Å². The second-order valence-corrected chi connectivity index (χ2v) is 7.14. The van der Waals surface area contributed by atoms with Crippen LogP contribution in [0.5, 0.6) is 5.75 Å². The summed E-state index contributed by atoms with van der Waals surface area (Å²) in [6.45, 7) is 1.04.